The molecule has 154 valence electrons. The van der Waals surface area contributed by atoms with E-state index in [4.69, 9.17) is 4.74 Å². The summed E-state index contributed by atoms with van der Waals surface area (Å²) in [5.41, 5.74) is -0.754. The standard InChI is InChI=1S/C17H30F2N6O2/c1-23(2)9-6-20-12-13-11-17(18,19)15(27-13)25-8-5-14(22-16(25)26)21-7-10-24(3)4/h5,8,13,15,20H,6-7,9-12H2,1-4H3,(H,21,22,26)/t13?,15-/m1/s1. The lowest BCUT2D eigenvalue weighted by Gasteiger charge is -2.20. The highest BCUT2D eigenvalue weighted by atomic mass is 19.3. The summed E-state index contributed by atoms with van der Waals surface area (Å²) in [6, 6.07) is 1.51. The number of rotatable bonds is 10. The highest BCUT2D eigenvalue weighted by molar-refractivity contribution is 5.31. The molecule has 1 saturated heterocycles. The maximum atomic E-state index is 14.4. The lowest BCUT2D eigenvalue weighted by molar-refractivity contribution is -0.116. The molecule has 27 heavy (non-hydrogen) atoms. The van der Waals surface area contributed by atoms with Crippen LogP contribution < -0.4 is 16.3 Å². The Hall–Kier alpha value is -1.62. The first-order valence-electron chi connectivity index (χ1n) is 9.05. The molecule has 2 rings (SSSR count). The topological polar surface area (TPSA) is 74.7 Å². The Morgan fingerprint density at radius 3 is 2.56 bits per heavy atom. The minimum absolute atomic E-state index is 0.312. The Morgan fingerprint density at radius 2 is 1.93 bits per heavy atom. The fourth-order valence-electron chi connectivity index (χ4n) is 2.79. The number of hydrogen-bond donors (Lipinski definition) is 2. The first kappa shape index (κ1) is 21.7. The van der Waals surface area contributed by atoms with Crippen LogP contribution in [0.1, 0.15) is 12.6 Å². The number of halogens is 2. The van der Waals surface area contributed by atoms with Gasteiger partial charge in [-0.2, -0.15) is 4.98 Å². The van der Waals surface area contributed by atoms with E-state index < -0.39 is 30.4 Å². The van der Waals surface area contributed by atoms with Gasteiger partial charge in [0, 0.05) is 45.3 Å². The predicted molar refractivity (Wildman–Crippen MR) is 100 cm³/mol. The summed E-state index contributed by atoms with van der Waals surface area (Å²) in [7, 11) is 7.74. The second kappa shape index (κ2) is 9.54. The highest BCUT2D eigenvalue weighted by Gasteiger charge is 2.51. The van der Waals surface area contributed by atoms with Crippen LogP contribution in [0.5, 0.6) is 0 Å². The van der Waals surface area contributed by atoms with Crippen LogP contribution >= 0.6 is 0 Å². The van der Waals surface area contributed by atoms with Gasteiger partial charge in [0.1, 0.15) is 5.82 Å². The normalized spacial score (nSPS) is 21.9. The van der Waals surface area contributed by atoms with Gasteiger partial charge in [0.2, 0.25) is 6.23 Å². The number of likely N-dealkylation sites (N-methyl/N-ethyl adjacent to an activating group) is 2. The van der Waals surface area contributed by atoms with Crippen LogP contribution in [0.2, 0.25) is 0 Å². The third kappa shape index (κ3) is 6.49. The van der Waals surface area contributed by atoms with E-state index in [9.17, 15) is 13.6 Å². The van der Waals surface area contributed by atoms with Crippen molar-refractivity contribution < 1.29 is 13.5 Å². The quantitative estimate of drug-likeness (QED) is 0.558. The van der Waals surface area contributed by atoms with Crippen LogP contribution in [0.15, 0.2) is 17.1 Å². The molecule has 1 aromatic rings. The molecule has 10 heteroatoms. The van der Waals surface area contributed by atoms with Crippen molar-refractivity contribution in [3.8, 4) is 0 Å². The average Bonchev–Trinajstić information content (AvgIpc) is 2.86. The van der Waals surface area contributed by atoms with Crippen LogP contribution in [0.25, 0.3) is 0 Å². The van der Waals surface area contributed by atoms with Gasteiger partial charge in [0.15, 0.2) is 0 Å². The van der Waals surface area contributed by atoms with Crippen LogP contribution in [0.4, 0.5) is 14.6 Å². The zero-order valence-corrected chi connectivity index (χ0v) is 16.4. The van der Waals surface area contributed by atoms with Crippen LogP contribution in [-0.4, -0.2) is 92.3 Å². The number of ether oxygens (including phenoxy) is 1. The molecule has 0 radical (unpaired) electrons. The second-order valence-corrected chi connectivity index (χ2v) is 7.32. The molecule has 2 N–H and O–H groups in total. The van der Waals surface area contributed by atoms with Crippen LogP contribution in [-0.2, 0) is 4.74 Å². The molecular weight excluding hydrogens is 358 g/mol. The van der Waals surface area contributed by atoms with Crippen molar-refractivity contribution in [2.45, 2.75) is 24.7 Å². The summed E-state index contributed by atoms with van der Waals surface area (Å²) in [4.78, 5) is 20.0. The number of nitrogens with one attached hydrogen (secondary N) is 2. The number of nitrogens with zero attached hydrogens (tertiary/aromatic N) is 4. The summed E-state index contributed by atoms with van der Waals surface area (Å²) in [5.74, 6) is -2.76. The van der Waals surface area contributed by atoms with E-state index in [0.717, 1.165) is 17.7 Å². The third-order valence-corrected chi connectivity index (χ3v) is 4.24. The average molecular weight is 388 g/mol. The molecule has 1 fully saturated rings. The minimum Gasteiger partial charge on any atom is -0.369 e. The van der Waals surface area contributed by atoms with Crippen LogP contribution in [0, 0.1) is 0 Å². The third-order valence-electron chi connectivity index (χ3n) is 4.24. The van der Waals surface area contributed by atoms with Gasteiger partial charge in [-0.25, -0.2) is 13.6 Å². The zero-order valence-electron chi connectivity index (χ0n) is 16.4. The Balaban J connectivity index is 1.96. The van der Waals surface area contributed by atoms with E-state index in [2.05, 4.69) is 15.6 Å². The van der Waals surface area contributed by atoms with Gasteiger partial charge < -0.3 is 25.2 Å². The number of hydrogen-bond acceptors (Lipinski definition) is 7. The van der Waals surface area contributed by atoms with Gasteiger partial charge in [0.05, 0.1) is 6.10 Å². The molecule has 0 bridgehead atoms. The molecule has 1 aliphatic heterocycles. The zero-order chi connectivity index (χ0) is 20.0. The molecule has 2 heterocycles. The smallest absolute Gasteiger partial charge is 0.351 e. The molecule has 0 aliphatic carbocycles. The summed E-state index contributed by atoms with van der Waals surface area (Å²) in [5, 5.41) is 6.11. The van der Waals surface area contributed by atoms with Crippen molar-refractivity contribution in [3.63, 3.8) is 0 Å². The van der Waals surface area contributed by atoms with Crippen molar-refractivity contribution >= 4 is 5.82 Å². The maximum absolute atomic E-state index is 14.4. The fourth-order valence-corrected chi connectivity index (χ4v) is 2.79. The number of aromatic nitrogens is 2. The molecule has 0 aromatic carbocycles. The Labute approximate surface area is 158 Å². The Morgan fingerprint density at radius 1 is 1.26 bits per heavy atom. The predicted octanol–water partition coefficient (Wildman–Crippen LogP) is 0.291. The molecule has 1 unspecified atom stereocenters. The van der Waals surface area contributed by atoms with Crippen molar-refractivity contribution in [2.24, 2.45) is 0 Å². The van der Waals surface area contributed by atoms with Gasteiger partial charge >= 0.3 is 5.69 Å². The van der Waals surface area contributed by atoms with E-state index >= 15 is 0 Å². The van der Waals surface area contributed by atoms with Gasteiger partial charge in [-0.1, -0.05) is 0 Å². The van der Waals surface area contributed by atoms with Crippen molar-refractivity contribution in [3.05, 3.63) is 22.7 Å². The van der Waals surface area contributed by atoms with Gasteiger partial charge in [-0.05, 0) is 34.3 Å². The molecule has 8 nitrogen and oxygen atoms in total. The van der Waals surface area contributed by atoms with Crippen molar-refractivity contribution in [2.75, 3.05) is 66.2 Å². The van der Waals surface area contributed by atoms with E-state index in [1.165, 1.54) is 12.3 Å². The van der Waals surface area contributed by atoms with E-state index in [-0.39, 0.29) is 0 Å². The lowest BCUT2D eigenvalue weighted by Crippen LogP contribution is -2.35. The first-order valence-corrected chi connectivity index (χ1v) is 9.05. The summed E-state index contributed by atoms with van der Waals surface area (Å²) >= 11 is 0. The second-order valence-electron chi connectivity index (χ2n) is 7.32. The molecule has 1 aliphatic rings. The summed E-state index contributed by atoms with van der Waals surface area (Å²) in [6.45, 7) is 3.15. The van der Waals surface area contributed by atoms with Gasteiger partial charge in [0.25, 0.3) is 5.92 Å². The molecule has 1 aromatic heterocycles. The Bertz CT molecular complexity index is 653. The summed E-state index contributed by atoms with van der Waals surface area (Å²) in [6.07, 6.45) is -1.40. The number of anilines is 1. The van der Waals surface area contributed by atoms with Crippen molar-refractivity contribution in [1.29, 1.82) is 0 Å². The SMILES string of the molecule is CN(C)CCNCC1CC(F)(F)[C@H](n2ccc(NCCN(C)C)nc2=O)O1. The largest absolute Gasteiger partial charge is 0.369 e. The first-order chi connectivity index (χ1) is 12.7. The monoisotopic (exact) mass is 388 g/mol. The van der Waals surface area contributed by atoms with Gasteiger partial charge in [-0.3, -0.25) is 4.57 Å². The van der Waals surface area contributed by atoms with E-state index in [1.54, 1.807) is 0 Å². The fraction of sp³-hybridized carbons (Fsp3) is 0.765. The Kier molecular flexibility index (Phi) is 7.66. The molecular formula is C17H30F2N6O2. The highest BCUT2D eigenvalue weighted by Crippen LogP contribution is 2.41. The van der Waals surface area contributed by atoms with E-state index in [0.29, 0.717) is 25.5 Å². The summed E-state index contributed by atoms with van der Waals surface area (Å²) < 4.78 is 35.1. The minimum atomic E-state index is -3.13. The number of alkyl halides is 2. The van der Waals surface area contributed by atoms with Crippen LogP contribution in [0.3, 0.4) is 0 Å². The molecule has 0 spiro atoms. The lowest BCUT2D eigenvalue weighted by atomic mass is 10.2. The molecule has 2 atom stereocenters. The maximum Gasteiger partial charge on any atom is 0.351 e. The van der Waals surface area contributed by atoms with E-state index in [1.807, 2.05) is 38.0 Å². The van der Waals surface area contributed by atoms with Gasteiger partial charge in [-0.15, -0.1) is 0 Å². The molecule has 0 saturated carbocycles. The molecule has 0 amide bonds. The van der Waals surface area contributed by atoms with Crippen molar-refractivity contribution in [1.82, 2.24) is 24.7 Å².